The van der Waals surface area contributed by atoms with E-state index in [4.69, 9.17) is 4.74 Å². The van der Waals surface area contributed by atoms with Crippen LogP contribution < -0.4 is 20.7 Å². The van der Waals surface area contributed by atoms with Crippen LogP contribution in [0.25, 0.3) is 0 Å². The first-order valence-corrected chi connectivity index (χ1v) is 8.21. The van der Waals surface area contributed by atoms with Gasteiger partial charge in [0.1, 0.15) is 5.75 Å². The fourth-order valence-corrected chi connectivity index (χ4v) is 2.19. The first-order chi connectivity index (χ1) is 12.1. The summed E-state index contributed by atoms with van der Waals surface area (Å²) in [5, 5.41) is 8.39. The van der Waals surface area contributed by atoms with Crippen LogP contribution in [0.1, 0.15) is 23.7 Å². The van der Waals surface area contributed by atoms with Crippen LogP contribution in [0.15, 0.2) is 48.5 Å². The number of anilines is 2. The minimum Gasteiger partial charge on any atom is -0.494 e. The van der Waals surface area contributed by atoms with Crippen molar-refractivity contribution in [2.24, 2.45) is 0 Å². The highest BCUT2D eigenvalue weighted by molar-refractivity contribution is 5.96. The first-order valence-electron chi connectivity index (χ1n) is 8.21. The molecule has 3 N–H and O–H groups in total. The van der Waals surface area contributed by atoms with E-state index in [-0.39, 0.29) is 18.4 Å². The molecule has 25 heavy (non-hydrogen) atoms. The maximum absolute atomic E-state index is 12.1. The number of benzene rings is 2. The lowest BCUT2D eigenvalue weighted by Gasteiger charge is -2.10. The molecule has 0 saturated carbocycles. The monoisotopic (exact) mass is 341 g/mol. The predicted octanol–water partition coefficient (Wildman–Crippen LogP) is 2.89. The maximum atomic E-state index is 12.1. The van der Waals surface area contributed by atoms with Crippen LogP contribution in [0.3, 0.4) is 0 Å². The molecule has 0 fully saturated rings. The standard InChI is InChI=1S/C19H23N3O3/c1-3-10-25-17-9-5-8-16(12-17)22-18(23)13-21-15-7-4-6-14(11-15)19(24)20-2/h4-9,11-12,21H,3,10,13H2,1-2H3,(H,20,24)(H,22,23). The molecule has 0 saturated heterocycles. The molecule has 6 nitrogen and oxygen atoms in total. The second-order valence-electron chi connectivity index (χ2n) is 5.44. The normalized spacial score (nSPS) is 10.0. The number of carbonyl (C=O) groups is 2. The lowest BCUT2D eigenvalue weighted by molar-refractivity contribution is -0.114. The van der Waals surface area contributed by atoms with E-state index in [1.54, 1.807) is 37.4 Å². The highest BCUT2D eigenvalue weighted by atomic mass is 16.5. The Labute approximate surface area is 147 Å². The third-order valence-electron chi connectivity index (χ3n) is 3.40. The van der Waals surface area contributed by atoms with Crippen molar-refractivity contribution in [3.8, 4) is 5.75 Å². The number of hydrogen-bond donors (Lipinski definition) is 3. The van der Waals surface area contributed by atoms with Gasteiger partial charge in [-0.2, -0.15) is 0 Å². The molecule has 0 aliphatic carbocycles. The maximum Gasteiger partial charge on any atom is 0.251 e. The van der Waals surface area contributed by atoms with Crippen LogP contribution in [-0.2, 0) is 4.79 Å². The van der Waals surface area contributed by atoms with Crippen LogP contribution >= 0.6 is 0 Å². The van der Waals surface area contributed by atoms with Crippen molar-refractivity contribution in [2.75, 3.05) is 30.8 Å². The van der Waals surface area contributed by atoms with Gasteiger partial charge in [0.05, 0.1) is 13.2 Å². The van der Waals surface area contributed by atoms with Crippen LogP contribution in [0.4, 0.5) is 11.4 Å². The number of nitrogens with one attached hydrogen (secondary N) is 3. The SMILES string of the molecule is CCCOc1cccc(NC(=O)CNc2cccc(C(=O)NC)c2)c1. The Morgan fingerprint density at radius 3 is 2.56 bits per heavy atom. The molecule has 0 radical (unpaired) electrons. The average molecular weight is 341 g/mol. The molecular weight excluding hydrogens is 318 g/mol. The predicted molar refractivity (Wildman–Crippen MR) is 99.2 cm³/mol. The van der Waals surface area contributed by atoms with E-state index < -0.39 is 0 Å². The number of amides is 2. The van der Waals surface area contributed by atoms with Crippen LogP contribution in [-0.4, -0.2) is 32.0 Å². The molecule has 2 rings (SSSR count). The van der Waals surface area contributed by atoms with Gasteiger partial charge in [-0.05, 0) is 36.8 Å². The summed E-state index contributed by atoms with van der Waals surface area (Å²) in [5.41, 5.74) is 1.92. The number of carbonyl (C=O) groups excluding carboxylic acids is 2. The molecule has 2 aromatic carbocycles. The molecular formula is C19H23N3O3. The zero-order valence-electron chi connectivity index (χ0n) is 14.5. The Hall–Kier alpha value is -3.02. The van der Waals surface area contributed by atoms with E-state index in [2.05, 4.69) is 16.0 Å². The van der Waals surface area contributed by atoms with E-state index in [0.29, 0.717) is 23.5 Å². The van der Waals surface area contributed by atoms with Crippen molar-refractivity contribution in [1.82, 2.24) is 5.32 Å². The molecule has 0 bridgehead atoms. The van der Waals surface area contributed by atoms with E-state index in [0.717, 1.165) is 12.2 Å². The molecule has 0 atom stereocenters. The summed E-state index contributed by atoms with van der Waals surface area (Å²) in [6, 6.07) is 14.3. The molecule has 0 aromatic heterocycles. The number of ether oxygens (including phenoxy) is 1. The quantitative estimate of drug-likeness (QED) is 0.690. The van der Waals surface area contributed by atoms with Gasteiger partial charge in [0.15, 0.2) is 0 Å². The highest BCUT2D eigenvalue weighted by Crippen LogP contribution is 2.17. The number of hydrogen-bond acceptors (Lipinski definition) is 4. The fourth-order valence-electron chi connectivity index (χ4n) is 2.19. The second-order valence-corrected chi connectivity index (χ2v) is 5.44. The summed E-state index contributed by atoms with van der Waals surface area (Å²) in [4.78, 5) is 23.7. The van der Waals surface area contributed by atoms with Gasteiger partial charge in [-0.3, -0.25) is 9.59 Å². The van der Waals surface area contributed by atoms with Crippen molar-refractivity contribution >= 4 is 23.2 Å². The summed E-state index contributed by atoms with van der Waals surface area (Å²) in [5.74, 6) is 0.376. The van der Waals surface area contributed by atoms with Gasteiger partial charge in [-0.15, -0.1) is 0 Å². The van der Waals surface area contributed by atoms with Gasteiger partial charge in [0.2, 0.25) is 5.91 Å². The summed E-state index contributed by atoms with van der Waals surface area (Å²) in [7, 11) is 1.58. The molecule has 0 aliphatic rings. The Kier molecular flexibility index (Phi) is 6.83. The van der Waals surface area contributed by atoms with Crippen molar-refractivity contribution < 1.29 is 14.3 Å². The number of rotatable bonds is 8. The molecule has 0 aliphatic heterocycles. The zero-order valence-corrected chi connectivity index (χ0v) is 14.5. The summed E-state index contributed by atoms with van der Waals surface area (Å²) >= 11 is 0. The molecule has 132 valence electrons. The summed E-state index contributed by atoms with van der Waals surface area (Å²) < 4.78 is 5.55. The van der Waals surface area contributed by atoms with E-state index in [1.165, 1.54) is 0 Å². The lowest BCUT2D eigenvalue weighted by atomic mass is 10.2. The van der Waals surface area contributed by atoms with E-state index >= 15 is 0 Å². The Balaban J connectivity index is 1.89. The Morgan fingerprint density at radius 2 is 1.80 bits per heavy atom. The van der Waals surface area contributed by atoms with Gasteiger partial charge in [0.25, 0.3) is 5.91 Å². The van der Waals surface area contributed by atoms with Crippen molar-refractivity contribution in [2.45, 2.75) is 13.3 Å². The smallest absolute Gasteiger partial charge is 0.251 e. The van der Waals surface area contributed by atoms with Gasteiger partial charge >= 0.3 is 0 Å². The molecule has 0 unspecified atom stereocenters. The van der Waals surface area contributed by atoms with Crippen molar-refractivity contribution in [1.29, 1.82) is 0 Å². The van der Waals surface area contributed by atoms with E-state index in [1.807, 2.05) is 25.1 Å². The third-order valence-corrected chi connectivity index (χ3v) is 3.40. The van der Waals surface area contributed by atoms with Crippen molar-refractivity contribution in [3.63, 3.8) is 0 Å². The molecule has 2 amide bonds. The summed E-state index contributed by atoms with van der Waals surface area (Å²) in [6.07, 6.45) is 0.926. The summed E-state index contributed by atoms with van der Waals surface area (Å²) in [6.45, 7) is 2.77. The van der Waals surface area contributed by atoms with Gasteiger partial charge in [-0.25, -0.2) is 0 Å². The lowest BCUT2D eigenvalue weighted by Crippen LogP contribution is -2.22. The highest BCUT2D eigenvalue weighted by Gasteiger charge is 2.06. The minimum atomic E-state index is -0.182. The van der Waals surface area contributed by atoms with Crippen molar-refractivity contribution in [3.05, 3.63) is 54.1 Å². The Morgan fingerprint density at radius 1 is 1.04 bits per heavy atom. The fraction of sp³-hybridized carbons (Fsp3) is 0.263. The first kappa shape index (κ1) is 18.3. The topological polar surface area (TPSA) is 79.5 Å². The van der Waals surface area contributed by atoms with Crippen LogP contribution in [0.5, 0.6) is 5.75 Å². The molecule has 0 heterocycles. The molecule has 2 aromatic rings. The third kappa shape index (κ3) is 5.84. The average Bonchev–Trinajstić information content (AvgIpc) is 2.64. The van der Waals surface area contributed by atoms with Crippen LogP contribution in [0, 0.1) is 0 Å². The zero-order chi connectivity index (χ0) is 18.1. The van der Waals surface area contributed by atoms with E-state index in [9.17, 15) is 9.59 Å². The van der Waals surface area contributed by atoms with Gasteiger partial charge in [0, 0.05) is 30.1 Å². The van der Waals surface area contributed by atoms with Crippen LogP contribution in [0.2, 0.25) is 0 Å². The largest absolute Gasteiger partial charge is 0.494 e. The molecule has 6 heteroatoms. The van der Waals surface area contributed by atoms with Gasteiger partial charge in [-0.1, -0.05) is 19.1 Å². The second kappa shape index (κ2) is 9.32. The Bertz CT molecular complexity index is 731. The molecule has 0 spiro atoms. The minimum absolute atomic E-state index is 0.0945. The van der Waals surface area contributed by atoms with Gasteiger partial charge < -0.3 is 20.7 Å².